The van der Waals surface area contributed by atoms with Gasteiger partial charge in [0.25, 0.3) is 0 Å². The summed E-state index contributed by atoms with van der Waals surface area (Å²) in [5.41, 5.74) is 4.87. The van der Waals surface area contributed by atoms with Crippen molar-refractivity contribution in [2.24, 2.45) is 0 Å². The van der Waals surface area contributed by atoms with Gasteiger partial charge in [-0.1, -0.05) is 19.4 Å². The Bertz CT molecular complexity index is 685. The molecule has 7 heteroatoms. The quantitative estimate of drug-likeness (QED) is 0.602. The van der Waals surface area contributed by atoms with Crippen LogP contribution >= 0.6 is 0 Å². The fourth-order valence-corrected chi connectivity index (χ4v) is 3.31. The van der Waals surface area contributed by atoms with E-state index >= 15 is 0 Å². The maximum Gasteiger partial charge on any atom is 0.328 e. The van der Waals surface area contributed by atoms with Crippen molar-refractivity contribution < 1.29 is 18.8 Å². The molecule has 1 aromatic rings. The smallest absolute Gasteiger partial charge is 0.303 e. The second-order valence-corrected chi connectivity index (χ2v) is 6.01. The van der Waals surface area contributed by atoms with Gasteiger partial charge in [-0.3, -0.25) is 25.2 Å². The Morgan fingerprint density at radius 3 is 2.61 bits per heavy atom. The van der Waals surface area contributed by atoms with Crippen LogP contribution in [0.5, 0.6) is 0 Å². The molecule has 2 aliphatic rings. The lowest BCUT2D eigenvalue weighted by Gasteiger charge is -2.38. The van der Waals surface area contributed by atoms with Crippen LogP contribution in [0.4, 0.5) is 10.1 Å². The van der Waals surface area contributed by atoms with Crippen LogP contribution in [-0.4, -0.2) is 24.3 Å². The van der Waals surface area contributed by atoms with E-state index in [9.17, 15) is 18.8 Å². The van der Waals surface area contributed by atoms with Crippen LogP contribution in [0.3, 0.4) is 0 Å². The summed E-state index contributed by atoms with van der Waals surface area (Å²) in [6.07, 6.45) is 2.78. The van der Waals surface area contributed by atoms with E-state index in [1.165, 1.54) is 17.0 Å². The number of hydrogen-bond acceptors (Lipinski definition) is 3. The largest absolute Gasteiger partial charge is 0.328 e. The van der Waals surface area contributed by atoms with Crippen molar-refractivity contribution in [3.05, 3.63) is 29.6 Å². The van der Waals surface area contributed by atoms with E-state index < -0.39 is 17.7 Å². The fourth-order valence-electron chi connectivity index (χ4n) is 3.31. The molecule has 2 N–H and O–H groups in total. The summed E-state index contributed by atoms with van der Waals surface area (Å²) < 4.78 is 14.2. The number of anilines is 1. The van der Waals surface area contributed by atoms with E-state index in [0.717, 1.165) is 19.3 Å². The number of hydrazine groups is 1. The molecule has 1 heterocycles. The molecule has 0 atom stereocenters. The second kappa shape index (κ2) is 5.64. The SMILES string of the molecule is CCC(=O)NNC(=O)C(=O)N1CC2(CCC2)c2c(F)cccc21. The highest BCUT2D eigenvalue weighted by Gasteiger charge is 2.50. The molecule has 0 radical (unpaired) electrons. The van der Waals surface area contributed by atoms with E-state index in [-0.39, 0.29) is 17.7 Å². The average Bonchev–Trinajstić information content (AvgIpc) is 2.88. The van der Waals surface area contributed by atoms with E-state index in [2.05, 4.69) is 10.9 Å². The summed E-state index contributed by atoms with van der Waals surface area (Å²) in [4.78, 5) is 36.8. The maximum atomic E-state index is 14.2. The van der Waals surface area contributed by atoms with E-state index in [4.69, 9.17) is 0 Å². The van der Waals surface area contributed by atoms with Gasteiger partial charge < -0.3 is 4.90 Å². The lowest BCUT2D eigenvalue weighted by Crippen LogP contribution is -2.51. The first-order chi connectivity index (χ1) is 11.0. The predicted molar refractivity (Wildman–Crippen MR) is 80.9 cm³/mol. The van der Waals surface area contributed by atoms with Crippen LogP contribution < -0.4 is 15.8 Å². The van der Waals surface area contributed by atoms with Crippen molar-refractivity contribution in [3.63, 3.8) is 0 Å². The molecule has 0 saturated heterocycles. The number of carbonyl (C=O) groups excluding carboxylic acids is 3. The van der Waals surface area contributed by atoms with Crippen molar-refractivity contribution in [1.82, 2.24) is 10.9 Å². The third-order valence-corrected chi connectivity index (χ3v) is 4.66. The molecule has 1 spiro atoms. The summed E-state index contributed by atoms with van der Waals surface area (Å²) >= 11 is 0. The number of benzene rings is 1. The van der Waals surface area contributed by atoms with Crippen molar-refractivity contribution in [2.75, 3.05) is 11.4 Å². The Morgan fingerprint density at radius 2 is 2.00 bits per heavy atom. The summed E-state index contributed by atoms with van der Waals surface area (Å²) in [5.74, 6) is -2.46. The van der Waals surface area contributed by atoms with Crippen molar-refractivity contribution >= 4 is 23.4 Å². The van der Waals surface area contributed by atoms with Crippen molar-refractivity contribution in [2.45, 2.75) is 38.0 Å². The number of amides is 3. The van der Waals surface area contributed by atoms with E-state index in [0.29, 0.717) is 17.8 Å². The second-order valence-electron chi connectivity index (χ2n) is 6.01. The first kappa shape index (κ1) is 15.5. The van der Waals surface area contributed by atoms with Crippen molar-refractivity contribution in [3.8, 4) is 0 Å². The first-order valence-electron chi connectivity index (χ1n) is 7.68. The van der Waals surface area contributed by atoms with Gasteiger partial charge in [0.2, 0.25) is 5.91 Å². The van der Waals surface area contributed by atoms with Crippen LogP contribution in [-0.2, 0) is 19.8 Å². The third kappa shape index (κ3) is 2.46. The molecule has 1 aliphatic carbocycles. The van der Waals surface area contributed by atoms with Gasteiger partial charge in [-0.05, 0) is 25.0 Å². The molecular formula is C16H18FN3O3. The van der Waals surface area contributed by atoms with Crippen molar-refractivity contribution in [1.29, 1.82) is 0 Å². The standard InChI is InChI=1S/C16H18FN3O3/c1-2-12(21)18-19-14(22)15(23)20-9-16(7-4-8-16)13-10(17)5-3-6-11(13)20/h3,5-6H,2,4,7-9H2,1H3,(H,18,21)(H,19,22). The zero-order chi connectivity index (χ0) is 16.6. The third-order valence-electron chi connectivity index (χ3n) is 4.66. The molecule has 1 saturated carbocycles. The minimum absolute atomic E-state index is 0.190. The first-order valence-corrected chi connectivity index (χ1v) is 7.68. The normalized spacial score (nSPS) is 17.4. The lowest BCUT2D eigenvalue weighted by atomic mass is 9.65. The van der Waals surface area contributed by atoms with Gasteiger partial charge in [0.1, 0.15) is 5.82 Å². The van der Waals surface area contributed by atoms with Gasteiger partial charge in [0.05, 0.1) is 5.69 Å². The highest BCUT2D eigenvalue weighted by atomic mass is 19.1. The zero-order valence-electron chi connectivity index (χ0n) is 12.8. The number of nitrogens with zero attached hydrogens (tertiary/aromatic N) is 1. The Balaban J connectivity index is 1.82. The van der Waals surface area contributed by atoms with Gasteiger partial charge in [0.15, 0.2) is 0 Å². The molecule has 1 aliphatic heterocycles. The molecule has 122 valence electrons. The molecule has 0 aromatic heterocycles. The van der Waals surface area contributed by atoms with Crippen LogP contribution in [0.15, 0.2) is 18.2 Å². The molecule has 1 aromatic carbocycles. The minimum atomic E-state index is -0.932. The zero-order valence-corrected chi connectivity index (χ0v) is 12.8. The number of hydrogen-bond donors (Lipinski definition) is 2. The predicted octanol–water partition coefficient (Wildman–Crippen LogP) is 1.15. The molecule has 0 bridgehead atoms. The van der Waals surface area contributed by atoms with Crippen LogP contribution in [0.2, 0.25) is 0 Å². The molecule has 3 rings (SSSR count). The van der Waals surface area contributed by atoms with Crippen LogP contribution in [0.25, 0.3) is 0 Å². The Labute approximate surface area is 133 Å². The monoisotopic (exact) mass is 319 g/mol. The molecule has 23 heavy (non-hydrogen) atoms. The van der Waals surface area contributed by atoms with Gasteiger partial charge in [-0.15, -0.1) is 0 Å². The van der Waals surface area contributed by atoms with E-state index in [1.54, 1.807) is 13.0 Å². The molecule has 0 unspecified atom stereocenters. The van der Waals surface area contributed by atoms with E-state index in [1.807, 2.05) is 0 Å². The summed E-state index contributed by atoms with van der Waals surface area (Å²) in [6.45, 7) is 1.93. The van der Waals surface area contributed by atoms with Gasteiger partial charge in [-0.2, -0.15) is 0 Å². The van der Waals surface area contributed by atoms with Gasteiger partial charge in [0, 0.05) is 23.9 Å². The average molecular weight is 319 g/mol. The highest BCUT2D eigenvalue weighted by Crippen LogP contribution is 2.53. The number of nitrogens with one attached hydrogen (secondary N) is 2. The summed E-state index contributed by atoms with van der Waals surface area (Å²) in [6, 6.07) is 4.57. The fraction of sp³-hybridized carbons (Fsp3) is 0.438. The van der Waals surface area contributed by atoms with Gasteiger partial charge in [-0.25, -0.2) is 4.39 Å². The number of fused-ring (bicyclic) bond motifs is 2. The number of carbonyl (C=O) groups is 3. The Morgan fingerprint density at radius 1 is 1.26 bits per heavy atom. The summed E-state index contributed by atoms with van der Waals surface area (Å²) in [5, 5.41) is 0. The molecular weight excluding hydrogens is 301 g/mol. The maximum absolute atomic E-state index is 14.2. The lowest BCUT2D eigenvalue weighted by molar-refractivity contribution is -0.139. The Kier molecular flexibility index (Phi) is 3.79. The molecule has 1 fully saturated rings. The number of rotatable bonds is 1. The number of halogens is 1. The summed E-state index contributed by atoms with van der Waals surface area (Å²) in [7, 11) is 0. The van der Waals surface area contributed by atoms with Crippen LogP contribution in [0.1, 0.15) is 38.2 Å². The minimum Gasteiger partial charge on any atom is -0.303 e. The Hall–Kier alpha value is -2.44. The molecule has 6 nitrogen and oxygen atoms in total. The van der Waals surface area contributed by atoms with Gasteiger partial charge >= 0.3 is 11.8 Å². The highest BCUT2D eigenvalue weighted by molar-refractivity contribution is 6.40. The van der Waals surface area contributed by atoms with Crippen LogP contribution in [0, 0.1) is 5.82 Å². The topological polar surface area (TPSA) is 78.5 Å². The molecule has 3 amide bonds.